The molecule has 2 aromatic heterocycles. The van der Waals surface area contributed by atoms with Gasteiger partial charge in [-0.1, -0.05) is 0 Å². The fourth-order valence-electron chi connectivity index (χ4n) is 1.33. The van der Waals surface area contributed by atoms with Crippen molar-refractivity contribution in [3.8, 4) is 6.07 Å². The van der Waals surface area contributed by atoms with E-state index in [2.05, 4.69) is 16.5 Å². The predicted octanol–water partition coefficient (Wildman–Crippen LogP) is 1.94. The van der Waals surface area contributed by atoms with Crippen LogP contribution in [-0.4, -0.2) is 9.66 Å². The summed E-state index contributed by atoms with van der Waals surface area (Å²) in [6.07, 6.45) is 3.74. The molecule has 4 nitrogen and oxygen atoms in total. The summed E-state index contributed by atoms with van der Waals surface area (Å²) in [5.74, 6) is 0.669. The molecule has 2 rings (SSSR count). The largest absolute Gasteiger partial charge is 0.278 e. The molecule has 0 fully saturated rings. The molecule has 74 valence electrons. The molecule has 0 saturated heterocycles. The van der Waals surface area contributed by atoms with Gasteiger partial charge < -0.3 is 0 Å². The highest BCUT2D eigenvalue weighted by molar-refractivity contribution is 5.44. The third kappa shape index (κ3) is 2.15. The Kier molecular flexibility index (Phi) is 2.38. The lowest BCUT2D eigenvalue weighted by atomic mass is 10.2. The van der Waals surface area contributed by atoms with Crippen molar-refractivity contribution in [1.82, 2.24) is 9.66 Å². The number of pyridine rings is 1. The first-order valence-corrected chi connectivity index (χ1v) is 4.57. The van der Waals surface area contributed by atoms with E-state index >= 15 is 0 Å². The Morgan fingerprint density at radius 3 is 2.73 bits per heavy atom. The van der Waals surface area contributed by atoms with Gasteiger partial charge in [0.15, 0.2) is 0 Å². The molecule has 0 aliphatic carbocycles. The minimum Gasteiger partial charge on any atom is -0.278 e. The van der Waals surface area contributed by atoms with Gasteiger partial charge >= 0.3 is 0 Å². The molecule has 0 amide bonds. The van der Waals surface area contributed by atoms with Gasteiger partial charge in [-0.3, -0.25) is 10.1 Å². The van der Waals surface area contributed by atoms with Gasteiger partial charge in [0.2, 0.25) is 0 Å². The third-order valence-electron chi connectivity index (χ3n) is 1.93. The van der Waals surface area contributed by atoms with E-state index in [1.165, 1.54) is 0 Å². The summed E-state index contributed by atoms with van der Waals surface area (Å²) in [6.45, 7) is 1.86. The van der Waals surface area contributed by atoms with Gasteiger partial charge in [-0.2, -0.15) is 5.26 Å². The number of nitrogens with zero attached hydrogens (tertiary/aromatic N) is 3. The zero-order chi connectivity index (χ0) is 10.7. The highest BCUT2D eigenvalue weighted by Gasteiger charge is 1.99. The molecular weight excluding hydrogens is 188 g/mol. The first-order valence-electron chi connectivity index (χ1n) is 4.57. The van der Waals surface area contributed by atoms with E-state index in [1.807, 2.05) is 31.5 Å². The van der Waals surface area contributed by atoms with Crippen LogP contribution in [0, 0.1) is 18.3 Å². The summed E-state index contributed by atoms with van der Waals surface area (Å²) in [6, 6.07) is 9.39. The van der Waals surface area contributed by atoms with Gasteiger partial charge in [0, 0.05) is 18.1 Å². The lowest BCUT2D eigenvalue weighted by Crippen LogP contribution is -2.07. The molecule has 0 spiro atoms. The summed E-state index contributed by atoms with van der Waals surface area (Å²) in [5, 5.41) is 8.80. The Morgan fingerprint density at radius 2 is 2.07 bits per heavy atom. The van der Waals surface area contributed by atoms with Crippen molar-refractivity contribution in [2.75, 3.05) is 5.43 Å². The number of nitriles is 1. The summed E-state index contributed by atoms with van der Waals surface area (Å²) in [7, 11) is 0. The Balaban J connectivity index is 2.29. The molecule has 15 heavy (non-hydrogen) atoms. The van der Waals surface area contributed by atoms with Gasteiger partial charge in [0.25, 0.3) is 0 Å². The monoisotopic (exact) mass is 198 g/mol. The number of aryl methyl sites for hydroxylation is 1. The van der Waals surface area contributed by atoms with Crippen LogP contribution in [0.1, 0.15) is 11.3 Å². The van der Waals surface area contributed by atoms with Gasteiger partial charge in [0.1, 0.15) is 5.82 Å². The number of anilines is 1. The second-order valence-electron chi connectivity index (χ2n) is 3.20. The molecular formula is C11H10N4. The Morgan fingerprint density at radius 1 is 1.33 bits per heavy atom. The number of aromatic nitrogens is 2. The minimum absolute atomic E-state index is 0.608. The van der Waals surface area contributed by atoms with Crippen LogP contribution in [0.25, 0.3) is 0 Å². The van der Waals surface area contributed by atoms with Crippen LogP contribution in [0.2, 0.25) is 0 Å². The van der Waals surface area contributed by atoms with Crippen LogP contribution in [0.15, 0.2) is 36.7 Å². The lowest BCUT2D eigenvalue weighted by molar-refractivity contribution is 0.947. The molecule has 0 unspecified atom stereocenters. The molecule has 0 atom stereocenters. The third-order valence-corrected chi connectivity index (χ3v) is 1.93. The van der Waals surface area contributed by atoms with Crippen molar-refractivity contribution >= 4 is 5.82 Å². The molecule has 0 radical (unpaired) electrons. The molecule has 0 bridgehead atoms. The Hall–Kier alpha value is -2.28. The normalized spacial score (nSPS) is 9.60. The fourth-order valence-corrected chi connectivity index (χ4v) is 1.33. The highest BCUT2D eigenvalue weighted by atomic mass is 15.4. The second kappa shape index (κ2) is 3.84. The minimum atomic E-state index is 0.608. The lowest BCUT2D eigenvalue weighted by Gasteiger charge is -2.07. The van der Waals surface area contributed by atoms with Crippen LogP contribution < -0.4 is 5.43 Å². The first-order chi connectivity index (χ1) is 7.28. The molecule has 2 aromatic rings. The number of hydrogen-bond acceptors (Lipinski definition) is 3. The highest BCUT2D eigenvalue weighted by Crippen LogP contribution is 2.09. The van der Waals surface area contributed by atoms with Crippen molar-refractivity contribution in [2.45, 2.75) is 6.92 Å². The van der Waals surface area contributed by atoms with Crippen LogP contribution in [0.3, 0.4) is 0 Å². The van der Waals surface area contributed by atoms with Crippen LogP contribution in [-0.2, 0) is 0 Å². The maximum atomic E-state index is 8.80. The smallest absolute Gasteiger partial charge is 0.146 e. The van der Waals surface area contributed by atoms with Gasteiger partial charge in [-0.05, 0) is 31.2 Å². The zero-order valence-corrected chi connectivity index (χ0v) is 8.31. The summed E-state index contributed by atoms with van der Waals surface area (Å²) in [4.78, 5) is 4.27. The molecule has 4 heteroatoms. The van der Waals surface area contributed by atoms with Crippen molar-refractivity contribution in [2.24, 2.45) is 0 Å². The molecule has 0 aromatic carbocycles. The first kappa shape index (κ1) is 9.28. The Bertz CT molecular complexity index is 494. The molecule has 0 aliphatic heterocycles. The van der Waals surface area contributed by atoms with Crippen LogP contribution >= 0.6 is 0 Å². The van der Waals surface area contributed by atoms with E-state index in [4.69, 9.17) is 5.26 Å². The SMILES string of the molecule is Cc1cc(C#N)cc(Nn2cccc2)n1. The summed E-state index contributed by atoms with van der Waals surface area (Å²) in [5.41, 5.74) is 4.49. The zero-order valence-electron chi connectivity index (χ0n) is 8.31. The predicted molar refractivity (Wildman–Crippen MR) is 57.1 cm³/mol. The van der Waals surface area contributed by atoms with E-state index in [-0.39, 0.29) is 0 Å². The molecule has 2 heterocycles. The van der Waals surface area contributed by atoms with Crippen LogP contribution in [0.4, 0.5) is 5.82 Å². The van der Waals surface area contributed by atoms with E-state index in [1.54, 1.807) is 16.8 Å². The fraction of sp³-hybridized carbons (Fsp3) is 0.0909. The van der Waals surface area contributed by atoms with Crippen molar-refractivity contribution in [3.05, 3.63) is 47.9 Å². The summed E-state index contributed by atoms with van der Waals surface area (Å²) < 4.78 is 1.78. The number of rotatable bonds is 2. The van der Waals surface area contributed by atoms with E-state index in [9.17, 15) is 0 Å². The Labute approximate surface area is 87.8 Å². The molecule has 0 aliphatic rings. The summed E-state index contributed by atoms with van der Waals surface area (Å²) >= 11 is 0. The quantitative estimate of drug-likeness (QED) is 0.802. The second-order valence-corrected chi connectivity index (χ2v) is 3.20. The standard InChI is InChI=1S/C11H10N4/c1-9-6-10(8-12)7-11(13-9)14-15-4-2-3-5-15/h2-7H,1H3,(H,13,14). The van der Waals surface area contributed by atoms with E-state index in [0.29, 0.717) is 11.4 Å². The van der Waals surface area contributed by atoms with Crippen molar-refractivity contribution < 1.29 is 0 Å². The number of nitrogens with one attached hydrogen (secondary N) is 1. The maximum absolute atomic E-state index is 8.80. The van der Waals surface area contributed by atoms with Gasteiger partial charge in [0.05, 0.1) is 11.6 Å². The van der Waals surface area contributed by atoms with Crippen LogP contribution in [0.5, 0.6) is 0 Å². The molecule has 1 N–H and O–H groups in total. The van der Waals surface area contributed by atoms with E-state index in [0.717, 1.165) is 5.69 Å². The van der Waals surface area contributed by atoms with Gasteiger partial charge in [-0.15, -0.1) is 0 Å². The topological polar surface area (TPSA) is 53.6 Å². The maximum Gasteiger partial charge on any atom is 0.146 e. The van der Waals surface area contributed by atoms with Gasteiger partial charge in [-0.25, -0.2) is 4.98 Å². The average molecular weight is 198 g/mol. The average Bonchev–Trinajstić information content (AvgIpc) is 2.69. The van der Waals surface area contributed by atoms with E-state index < -0.39 is 0 Å². The van der Waals surface area contributed by atoms with Crippen molar-refractivity contribution in [3.63, 3.8) is 0 Å². The number of hydrogen-bond donors (Lipinski definition) is 1. The van der Waals surface area contributed by atoms with Crippen molar-refractivity contribution in [1.29, 1.82) is 5.26 Å². The molecule has 0 saturated carbocycles.